The zero-order chi connectivity index (χ0) is 17.4. The maximum absolute atomic E-state index is 4.63. The summed E-state index contributed by atoms with van der Waals surface area (Å²) in [7, 11) is 5.91. The van der Waals surface area contributed by atoms with Gasteiger partial charge in [-0.2, -0.15) is 4.98 Å². The maximum Gasteiger partial charge on any atom is 0.227 e. The predicted octanol–water partition coefficient (Wildman–Crippen LogP) is 0.546. The van der Waals surface area contributed by atoms with Crippen LogP contribution in [0.3, 0.4) is 0 Å². The minimum absolute atomic E-state index is 0.775. The van der Waals surface area contributed by atoms with Crippen LogP contribution in [0.4, 0.5) is 17.6 Å². The zero-order valence-electron chi connectivity index (χ0n) is 14.7. The van der Waals surface area contributed by atoms with Gasteiger partial charge < -0.3 is 19.3 Å². The predicted molar refractivity (Wildman–Crippen MR) is 97.1 cm³/mol. The van der Waals surface area contributed by atoms with Gasteiger partial charge in [-0.1, -0.05) is 0 Å². The lowest BCUT2D eigenvalue weighted by Crippen LogP contribution is -2.47. The quantitative estimate of drug-likeness (QED) is 0.684. The molecule has 0 amide bonds. The summed E-state index contributed by atoms with van der Waals surface area (Å²) in [6.07, 6.45) is 5.20. The van der Waals surface area contributed by atoms with Gasteiger partial charge in [0.25, 0.3) is 0 Å². The fraction of sp³-hybridized carbons (Fsp3) is 0.438. The van der Waals surface area contributed by atoms with Crippen molar-refractivity contribution >= 4 is 28.7 Å². The monoisotopic (exact) mass is 339 g/mol. The SMILES string of the molecule is CN(C)c1ccnc(N2CCN(c3ncnc4c3ncn4C)CC2)n1. The molecular formula is C16H21N9. The first kappa shape index (κ1) is 15.6. The van der Waals surface area contributed by atoms with Gasteiger partial charge in [0.1, 0.15) is 12.1 Å². The largest absolute Gasteiger partial charge is 0.363 e. The molecule has 0 saturated carbocycles. The number of aromatic nitrogens is 6. The van der Waals surface area contributed by atoms with Gasteiger partial charge in [-0.05, 0) is 6.07 Å². The molecule has 0 bridgehead atoms. The lowest BCUT2D eigenvalue weighted by molar-refractivity contribution is 0.635. The van der Waals surface area contributed by atoms with E-state index in [1.54, 1.807) is 12.7 Å². The molecule has 9 nitrogen and oxygen atoms in total. The Kier molecular flexibility index (Phi) is 3.83. The van der Waals surface area contributed by atoms with Crippen LogP contribution in [-0.4, -0.2) is 69.8 Å². The fourth-order valence-electron chi connectivity index (χ4n) is 3.02. The summed E-state index contributed by atoms with van der Waals surface area (Å²) in [5, 5.41) is 0. The molecule has 0 N–H and O–H groups in total. The number of imidazole rings is 1. The molecular weight excluding hydrogens is 318 g/mol. The Morgan fingerprint density at radius 3 is 2.48 bits per heavy atom. The molecule has 4 heterocycles. The first-order valence-electron chi connectivity index (χ1n) is 8.26. The van der Waals surface area contributed by atoms with E-state index in [1.165, 1.54) is 0 Å². The van der Waals surface area contributed by atoms with Crippen LogP contribution in [0, 0.1) is 0 Å². The molecule has 3 aromatic rings. The third kappa shape index (κ3) is 2.81. The van der Waals surface area contributed by atoms with Crippen molar-refractivity contribution in [2.75, 3.05) is 55.0 Å². The summed E-state index contributed by atoms with van der Waals surface area (Å²) in [5.41, 5.74) is 1.71. The van der Waals surface area contributed by atoms with E-state index >= 15 is 0 Å². The summed E-state index contributed by atoms with van der Waals surface area (Å²) >= 11 is 0. The van der Waals surface area contributed by atoms with Crippen LogP contribution in [0.1, 0.15) is 0 Å². The van der Waals surface area contributed by atoms with Gasteiger partial charge in [0.15, 0.2) is 17.0 Å². The van der Waals surface area contributed by atoms with Crippen LogP contribution in [-0.2, 0) is 7.05 Å². The highest BCUT2D eigenvalue weighted by atomic mass is 15.3. The summed E-state index contributed by atoms with van der Waals surface area (Å²) in [5.74, 6) is 2.59. The Hall–Kier alpha value is -2.97. The molecule has 4 rings (SSSR count). The summed E-state index contributed by atoms with van der Waals surface area (Å²) < 4.78 is 1.91. The van der Waals surface area contributed by atoms with E-state index in [9.17, 15) is 0 Å². The third-order valence-corrected chi connectivity index (χ3v) is 4.43. The molecule has 130 valence electrons. The molecule has 1 fully saturated rings. The number of fused-ring (bicyclic) bond motifs is 1. The normalized spacial score (nSPS) is 15.0. The van der Waals surface area contributed by atoms with E-state index in [0.29, 0.717) is 0 Å². The number of anilines is 3. The second-order valence-corrected chi connectivity index (χ2v) is 6.31. The van der Waals surface area contributed by atoms with E-state index < -0.39 is 0 Å². The Labute approximate surface area is 146 Å². The smallest absolute Gasteiger partial charge is 0.227 e. The summed E-state index contributed by atoms with van der Waals surface area (Å²) in [6.45, 7) is 3.38. The molecule has 25 heavy (non-hydrogen) atoms. The van der Waals surface area contributed by atoms with Crippen molar-refractivity contribution in [3.63, 3.8) is 0 Å². The molecule has 1 aliphatic rings. The molecule has 0 aromatic carbocycles. The third-order valence-electron chi connectivity index (χ3n) is 4.43. The number of hydrogen-bond acceptors (Lipinski definition) is 8. The Morgan fingerprint density at radius 2 is 1.72 bits per heavy atom. The van der Waals surface area contributed by atoms with Gasteiger partial charge in [0, 0.05) is 53.5 Å². The van der Waals surface area contributed by atoms with Crippen molar-refractivity contribution in [3.05, 3.63) is 24.9 Å². The topological polar surface area (TPSA) is 79.1 Å². The van der Waals surface area contributed by atoms with Crippen LogP contribution in [0.2, 0.25) is 0 Å². The van der Waals surface area contributed by atoms with Gasteiger partial charge in [-0.25, -0.2) is 19.9 Å². The van der Waals surface area contributed by atoms with Gasteiger partial charge in [0.2, 0.25) is 5.95 Å². The van der Waals surface area contributed by atoms with E-state index in [0.717, 1.165) is 54.9 Å². The number of aryl methyl sites for hydroxylation is 1. The molecule has 0 radical (unpaired) electrons. The summed E-state index contributed by atoms with van der Waals surface area (Å²) in [4.78, 5) is 28.7. The van der Waals surface area contributed by atoms with Gasteiger partial charge >= 0.3 is 0 Å². The highest BCUT2D eigenvalue weighted by molar-refractivity contribution is 5.83. The van der Waals surface area contributed by atoms with Crippen molar-refractivity contribution in [1.29, 1.82) is 0 Å². The molecule has 1 saturated heterocycles. The lowest BCUT2D eigenvalue weighted by Gasteiger charge is -2.35. The summed E-state index contributed by atoms with van der Waals surface area (Å²) in [6, 6.07) is 1.92. The Bertz CT molecular complexity index is 880. The molecule has 0 atom stereocenters. The van der Waals surface area contributed by atoms with Gasteiger partial charge in [-0.15, -0.1) is 0 Å². The molecule has 0 aliphatic carbocycles. The fourth-order valence-corrected chi connectivity index (χ4v) is 3.02. The van der Waals surface area contributed by atoms with Crippen molar-refractivity contribution in [2.24, 2.45) is 7.05 Å². The molecule has 0 unspecified atom stereocenters. The van der Waals surface area contributed by atoms with Crippen molar-refractivity contribution in [1.82, 2.24) is 29.5 Å². The van der Waals surface area contributed by atoms with Crippen LogP contribution >= 0.6 is 0 Å². The van der Waals surface area contributed by atoms with Crippen molar-refractivity contribution in [3.8, 4) is 0 Å². The number of hydrogen-bond donors (Lipinski definition) is 0. The number of nitrogens with zero attached hydrogens (tertiary/aromatic N) is 9. The van der Waals surface area contributed by atoms with Crippen molar-refractivity contribution in [2.45, 2.75) is 0 Å². The second-order valence-electron chi connectivity index (χ2n) is 6.31. The van der Waals surface area contributed by atoms with Crippen LogP contribution < -0.4 is 14.7 Å². The Morgan fingerprint density at radius 1 is 0.960 bits per heavy atom. The average molecular weight is 339 g/mol. The van der Waals surface area contributed by atoms with Crippen LogP contribution in [0.5, 0.6) is 0 Å². The molecule has 3 aromatic heterocycles. The van der Waals surface area contributed by atoms with E-state index in [1.807, 2.05) is 42.9 Å². The van der Waals surface area contributed by atoms with Gasteiger partial charge in [-0.3, -0.25) is 0 Å². The first-order chi connectivity index (χ1) is 12.1. The first-order valence-corrected chi connectivity index (χ1v) is 8.26. The van der Waals surface area contributed by atoms with E-state index in [4.69, 9.17) is 0 Å². The lowest BCUT2D eigenvalue weighted by atomic mass is 10.3. The minimum atomic E-state index is 0.775. The minimum Gasteiger partial charge on any atom is -0.363 e. The highest BCUT2D eigenvalue weighted by Crippen LogP contribution is 2.23. The number of piperazine rings is 1. The standard InChI is InChI=1S/C16H21N9/c1-22(2)12-4-5-17-16(21-12)25-8-6-24(7-9-25)15-13-14(18-10-19-15)23(3)11-20-13/h4-5,10-11H,6-9H2,1-3H3. The molecule has 9 heteroatoms. The van der Waals surface area contributed by atoms with Crippen molar-refractivity contribution < 1.29 is 0 Å². The average Bonchev–Trinajstić information content (AvgIpc) is 3.03. The van der Waals surface area contributed by atoms with Gasteiger partial charge in [0.05, 0.1) is 6.33 Å². The zero-order valence-corrected chi connectivity index (χ0v) is 14.7. The Balaban J connectivity index is 1.52. The maximum atomic E-state index is 4.63. The molecule has 1 aliphatic heterocycles. The second kappa shape index (κ2) is 6.15. The van der Waals surface area contributed by atoms with Crippen LogP contribution in [0.25, 0.3) is 11.2 Å². The van der Waals surface area contributed by atoms with E-state index in [-0.39, 0.29) is 0 Å². The van der Waals surface area contributed by atoms with E-state index in [2.05, 4.69) is 34.7 Å². The number of rotatable bonds is 3. The highest BCUT2D eigenvalue weighted by Gasteiger charge is 2.23. The van der Waals surface area contributed by atoms with Crippen LogP contribution in [0.15, 0.2) is 24.9 Å². The molecule has 0 spiro atoms.